The average Bonchev–Trinajstić information content (AvgIpc) is 2.25. The van der Waals surface area contributed by atoms with E-state index >= 15 is 0 Å². The minimum atomic E-state index is -0.481. The first-order valence-corrected chi connectivity index (χ1v) is 4.57. The van der Waals surface area contributed by atoms with Gasteiger partial charge in [-0.25, -0.2) is 0 Å². The van der Waals surface area contributed by atoms with Gasteiger partial charge < -0.3 is 10.2 Å². The van der Waals surface area contributed by atoms with Crippen molar-refractivity contribution >= 4 is 11.4 Å². The Morgan fingerprint density at radius 3 is 2.87 bits per heavy atom. The molecule has 1 aromatic carbocycles. The number of anilines is 1. The number of nitro benzene ring substituents is 1. The Labute approximate surface area is 87.2 Å². The average molecular weight is 211 g/mol. The lowest BCUT2D eigenvalue weighted by atomic mass is 10.2. The number of hydrogen-bond acceptors (Lipinski definition) is 5. The zero-order valence-corrected chi connectivity index (χ0v) is 8.40. The van der Waals surface area contributed by atoms with Gasteiger partial charge in [-0.1, -0.05) is 6.92 Å². The molecule has 82 valence electrons. The third kappa shape index (κ3) is 2.81. The maximum atomic E-state index is 10.7. The summed E-state index contributed by atoms with van der Waals surface area (Å²) in [6, 6.07) is 4.39. The fourth-order valence-corrected chi connectivity index (χ4v) is 1.08. The van der Waals surface area contributed by atoms with Gasteiger partial charge in [-0.05, 0) is 12.5 Å². The molecule has 0 amide bonds. The lowest BCUT2D eigenvalue weighted by Crippen LogP contribution is -2.07. The number of nitro groups is 1. The number of nitrogen functional groups attached to an aromatic ring is 1. The highest BCUT2D eigenvalue weighted by Crippen LogP contribution is 2.29. The van der Waals surface area contributed by atoms with E-state index in [1.54, 1.807) is 0 Å². The van der Waals surface area contributed by atoms with Gasteiger partial charge in [0, 0.05) is 12.1 Å². The molecule has 1 rings (SSSR count). The summed E-state index contributed by atoms with van der Waals surface area (Å²) < 4.78 is 5.25. The molecule has 15 heavy (non-hydrogen) atoms. The highest BCUT2D eigenvalue weighted by molar-refractivity contribution is 5.57. The molecule has 0 aliphatic carbocycles. The summed E-state index contributed by atoms with van der Waals surface area (Å²) in [6.45, 7) is 2.37. The van der Waals surface area contributed by atoms with E-state index in [1.807, 2.05) is 6.92 Å². The quantitative estimate of drug-likeness (QED) is 0.439. The van der Waals surface area contributed by atoms with Crippen LogP contribution in [0.25, 0.3) is 0 Å². The van der Waals surface area contributed by atoms with E-state index in [0.29, 0.717) is 12.3 Å². The number of nitrogens with one attached hydrogen (secondary N) is 1. The van der Waals surface area contributed by atoms with Crippen LogP contribution in [0.4, 0.5) is 11.4 Å². The van der Waals surface area contributed by atoms with Gasteiger partial charge in [-0.2, -0.15) is 0 Å². The van der Waals surface area contributed by atoms with Crippen molar-refractivity contribution in [3.05, 3.63) is 28.3 Å². The number of nitrogens with two attached hydrogens (primary N) is 1. The second-order valence-electron chi connectivity index (χ2n) is 2.93. The summed E-state index contributed by atoms with van der Waals surface area (Å²) in [4.78, 5) is 10.2. The van der Waals surface area contributed by atoms with Crippen LogP contribution in [0.2, 0.25) is 0 Å². The molecule has 6 nitrogen and oxygen atoms in total. The molecule has 0 aromatic heterocycles. The van der Waals surface area contributed by atoms with Crippen molar-refractivity contribution in [2.45, 2.75) is 13.3 Å². The summed E-state index contributed by atoms with van der Waals surface area (Å²) in [5, 5.41) is 10.7. The molecule has 0 atom stereocenters. The van der Waals surface area contributed by atoms with Gasteiger partial charge in [0.15, 0.2) is 5.75 Å². The van der Waals surface area contributed by atoms with Crippen LogP contribution in [-0.4, -0.2) is 11.5 Å². The van der Waals surface area contributed by atoms with Gasteiger partial charge in [0.1, 0.15) is 0 Å². The van der Waals surface area contributed by atoms with Crippen LogP contribution in [0.1, 0.15) is 13.3 Å². The highest BCUT2D eigenvalue weighted by atomic mass is 16.6. The molecule has 1 aromatic rings. The van der Waals surface area contributed by atoms with E-state index in [4.69, 9.17) is 10.6 Å². The third-order valence-electron chi connectivity index (χ3n) is 1.78. The summed E-state index contributed by atoms with van der Waals surface area (Å²) in [5.74, 6) is 5.43. The van der Waals surface area contributed by atoms with Crippen molar-refractivity contribution in [1.29, 1.82) is 0 Å². The monoisotopic (exact) mass is 211 g/mol. The van der Waals surface area contributed by atoms with Gasteiger partial charge >= 0.3 is 5.69 Å². The van der Waals surface area contributed by atoms with Crippen molar-refractivity contribution in [1.82, 2.24) is 0 Å². The van der Waals surface area contributed by atoms with E-state index in [0.717, 1.165) is 6.42 Å². The Morgan fingerprint density at radius 1 is 1.60 bits per heavy atom. The Morgan fingerprint density at radius 2 is 2.33 bits per heavy atom. The molecule has 3 N–H and O–H groups in total. The number of benzene rings is 1. The summed E-state index contributed by atoms with van der Waals surface area (Å²) in [7, 11) is 0. The number of hydrazine groups is 1. The first kappa shape index (κ1) is 11.3. The number of nitrogens with zero attached hydrogens (tertiary/aromatic N) is 1. The molecule has 0 spiro atoms. The van der Waals surface area contributed by atoms with Crippen LogP contribution in [-0.2, 0) is 0 Å². The normalized spacial score (nSPS) is 9.73. The zero-order chi connectivity index (χ0) is 11.3. The van der Waals surface area contributed by atoms with Gasteiger partial charge in [0.05, 0.1) is 17.2 Å². The van der Waals surface area contributed by atoms with E-state index < -0.39 is 4.92 Å². The smallest absolute Gasteiger partial charge is 0.311 e. The predicted molar refractivity (Wildman–Crippen MR) is 56.7 cm³/mol. The summed E-state index contributed by atoms with van der Waals surface area (Å²) >= 11 is 0. The Kier molecular flexibility index (Phi) is 3.87. The Balaban J connectivity index is 2.99. The maximum Gasteiger partial charge on any atom is 0.311 e. The topological polar surface area (TPSA) is 90.4 Å². The molecule has 0 saturated carbocycles. The van der Waals surface area contributed by atoms with Crippen LogP contribution in [0, 0.1) is 10.1 Å². The van der Waals surface area contributed by atoms with Crippen LogP contribution in [0.15, 0.2) is 18.2 Å². The van der Waals surface area contributed by atoms with E-state index in [9.17, 15) is 10.1 Å². The lowest BCUT2D eigenvalue weighted by Gasteiger charge is -2.07. The molecular weight excluding hydrogens is 198 g/mol. The first-order valence-electron chi connectivity index (χ1n) is 4.57. The maximum absolute atomic E-state index is 10.7. The van der Waals surface area contributed by atoms with E-state index in [1.165, 1.54) is 18.2 Å². The van der Waals surface area contributed by atoms with Gasteiger partial charge in [-0.15, -0.1) is 0 Å². The molecule has 0 unspecified atom stereocenters. The van der Waals surface area contributed by atoms with Crippen molar-refractivity contribution < 1.29 is 9.66 Å². The van der Waals surface area contributed by atoms with Gasteiger partial charge in [0.2, 0.25) is 0 Å². The van der Waals surface area contributed by atoms with Crippen LogP contribution in [0.5, 0.6) is 5.75 Å². The van der Waals surface area contributed by atoms with E-state index in [-0.39, 0.29) is 11.4 Å². The van der Waals surface area contributed by atoms with Crippen molar-refractivity contribution in [3.8, 4) is 5.75 Å². The number of rotatable bonds is 5. The SMILES string of the molecule is CCCOc1cc(NN)ccc1[N+](=O)[O-]. The lowest BCUT2D eigenvalue weighted by molar-refractivity contribution is -0.385. The van der Waals surface area contributed by atoms with Gasteiger partial charge in [-0.3, -0.25) is 16.0 Å². The predicted octanol–water partition coefficient (Wildman–Crippen LogP) is 1.67. The van der Waals surface area contributed by atoms with Crippen LogP contribution >= 0.6 is 0 Å². The van der Waals surface area contributed by atoms with Crippen molar-refractivity contribution in [2.75, 3.05) is 12.0 Å². The largest absolute Gasteiger partial charge is 0.487 e. The minimum absolute atomic E-state index is 0.0533. The van der Waals surface area contributed by atoms with Crippen LogP contribution < -0.4 is 16.0 Å². The minimum Gasteiger partial charge on any atom is -0.487 e. The first-order chi connectivity index (χ1) is 7.19. The molecular formula is C9H13N3O3. The Hall–Kier alpha value is -1.82. The van der Waals surface area contributed by atoms with Gasteiger partial charge in [0.25, 0.3) is 0 Å². The molecule has 0 saturated heterocycles. The molecule has 0 radical (unpaired) electrons. The molecule has 6 heteroatoms. The fourth-order valence-electron chi connectivity index (χ4n) is 1.08. The number of ether oxygens (including phenoxy) is 1. The summed E-state index contributed by atoms with van der Waals surface area (Å²) in [5.41, 5.74) is 2.93. The van der Waals surface area contributed by atoms with E-state index in [2.05, 4.69) is 5.43 Å². The zero-order valence-electron chi connectivity index (χ0n) is 8.40. The second kappa shape index (κ2) is 5.16. The molecule has 0 fully saturated rings. The third-order valence-corrected chi connectivity index (χ3v) is 1.78. The second-order valence-corrected chi connectivity index (χ2v) is 2.93. The molecule has 0 heterocycles. The van der Waals surface area contributed by atoms with Crippen molar-refractivity contribution in [2.24, 2.45) is 5.84 Å². The Bertz CT molecular complexity index is 354. The standard InChI is InChI=1S/C9H13N3O3/c1-2-5-15-9-6-7(11-10)3-4-8(9)12(13)14/h3-4,6,11H,2,5,10H2,1H3. The fraction of sp³-hybridized carbons (Fsp3) is 0.333. The highest BCUT2D eigenvalue weighted by Gasteiger charge is 2.14. The molecule has 0 aliphatic rings. The molecule has 0 bridgehead atoms. The summed E-state index contributed by atoms with van der Waals surface area (Å²) in [6.07, 6.45) is 0.789. The van der Waals surface area contributed by atoms with Crippen molar-refractivity contribution in [3.63, 3.8) is 0 Å². The number of hydrogen-bond donors (Lipinski definition) is 2. The molecule has 0 aliphatic heterocycles. The van der Waals surface area contributed by atoms with Crippen LogP contribution in [0.3, 0.4) is 0 Å².